The molecule has 1 amide bonds. The van der Waals surface area contributed by atoms with Gasteiger partial charge in [0.2, 0.25) is 0 Å². The summed E-state index contributed by atoms with van der Waals surface area (Å²) in [7, 11) is 0. The second-order valence-corrected chi connectivity index (χ2v) is 5.43. The summed E-state index contributed by atoms with van der Waals surface area (Å²) in [6.07, 6.45) is -4.44. The summed E-state index contributed by atoms with van der Waals surface area (Å²) in [6, 6.07) is 6.84. The number of hydrogen-bond acceptors (Lipinski definition) is 2. The van der Waals surface area contributed by atoms with Gasteiger partial charge < -0.3 is 5.32 Å². The van der Waals surface area contributed by atoms with E-state index in [4.69, 9.17) is 0 Å². The van der Waals surface area contributed by atoms with Crippen LogP contribution in [0, 0.1) is 18.8 Å². The number of rotatable bonds is 2. The third-order valence-corrected chi connectivity index (χ3v) is 3.79. The highest BCUT2D eigenvalue weighted by atomic mass is 32.1. The zero-order valence-electron chi connectivity index (χ0n) is 11.6. The van der Waals surface area contributed by atoms with Crippen molar-refractivity contribution < 1.29 is 18.0 Å². The monoisotopic (exact) mass is 323 g/mol. The van der Waals surface area contributed by atoms with Gasteiger partial charge in [-0.05, 0) is 36.1 Å². The van der Waals surface area contributed by atoms with Gasteiger partial charge in [-0.3, -0.25) is 4.79 Å². The predicted molar refractivity (Wildman–Crippen MR) is 79.7 cm³/mol. The molecule has 0 unspecified atom stereocenters. The molecule has 0 spiro atoms. The molecule has 2 nitrogen and oxygen atoms in total. The molecular formula is C16H12F3NOS. The van der Waals surface area contributed by atoms with Crippen LogP contribution in [0.5, 0.6) is 0 Å². The van der Waals surface area contributed by atoms with Crippen molar-refractivity contribution in [3.63, 3.8) is 0 Å². The number of aryl methyl sites for hydroxylation is 1. The molecule has 2 rings (SSSR count). The van der Waals surface area contributed by atoms with Crippen molar-refractivity contribution in [2.45, 2.75) is 13.1 Å². The molecule has 0 radical (unpaired) electrons. The first kappa shape index (κ1) is 16.1. The van der Waals surface area contributed by atoms with Crippen molar-refractivity contribution in [3.8, 4) is 11.8 Å². The summed E-state index contributed by atoms with van der Waals surface area (Å²) in [5.74, 6) is 4.71. The highest BCUT2D eigenvalue weighted by Crippen LogP contribution is 2.31. The number of hydrogen-bond donors (Lipinski definition) is 1. The minimum atomic E-state index is -4.44. The fourth-order valence-electron chi connectivity index (χ4n) is 1.74. The second kappa shape index (κ2) is 6.67. The summed E-state index contributed by atoms with van der Waals surface area (Å²) >= 11 is 1.31. The lowest BCUT2D eigenvalue weighted by Crippen LogP contribution is -2.22. The Hall–Kier alpha value is -2.26. The van der Waals surface area contributed by atoms with Crippen molar-refractivity contribution in [2.75, 3.05) is 6.54 Å². The molecule has 6 heteroatoms. The molecule has 0 aliphatic heterocycles. The minimum Gasteiger partial charge on any atom is -0.340 e. The summed E-state index contributed by atoms with van der Waals surface area (Å²) < 4.78 is 38.3. The molecule has 22 heavy (non-hydrogen) atoms. The molecule has 114 valence electrons. The van der Waals surface area contributed by atoms with Gasteiger partial charge >= 0.3 is 6.18 Å². The maximum Gasteiger partial charge on any atom is 0.417 e. The van der Waals surface area contributed by atoms with Crippen molar-refractivity contribution in [2.24, 2.45) is 0 Å². The van der Waals surface area contributed by atoms with E-state index in [1.165, 1.54) is 29.5 Å². The van der Waals surface area contributed by atoms with Crippen molar-refractivity contribution >= 4 is 17.2 Å². The highest BCUT2D eigenvalue weighted by molar-refractivity contribution is 7.12. The van der Waals surface area contributed by atoms with Crippen LogP contribution < -0.4 is 5.32 Å². The van der Waals surface area contributed by atoms with Gasteiger partial charge in [-0.1, -0.05) is 24.0 Å². The number of alkyl halides is 3. The average molecular weight is 323 g/mol. The SMILES string of the molecule is Cc1csc(C(=O)NCC#Cc2ccccc2C(F)(F)F)c1. The number of carbonyl (C=O) groups is 1. The lowest BCUT2D eigenvalue weighted by molar-refractivity contribution is -0.137. The number of halogens is 3. The van der Waals surface area contributed by atoms with Crippen LogP contribution >= 0.6 is 11.3 Å². The molecule has 1 heterocycles. The van der Waals surface area contributed by atoms with E-state index in [9.17, 15) is 18.0 Å². The molecule has 0 saturated heterocycles. The molecule has 0 fully saturated rings. The van der Waals surface area contributed by atoms with Gasteiger partial charge in [-0.15, -0.1) is 11.3 Å². The summed E-state index contributed by atoms with van der Waals surface area (Å²) in [6.45, 7) is 1.86. The van der Waals surface area contributed by atoms with Crippen LogP contribution in [0.25, 0.3) is 0 Å². The van der Waals surface area contributed by atoms with E-state index in [2.05, 4.69) is 17.2 Å². The number of nitrogens with one attached hydrogen (secondary N) is 1. The van der Waals surface area contributed by atoms with Crippen LogP contribution in [-0.2, 0) is 6.18 Å². The number of benzene rings is 1. The minimum absolute atomic E-state index is 0.0119. The number of carbonyl (C=O) groups excluding carboxylic acids is 1. The Balaban J connectivity index is 2.02. The van der Waals surface area contributed by atoms with Crippen LogP contribution in [0.2, 0.25) is 0 Å². The zero-order valence-corrected chi connectivity index (χ0v) is 12.4. The van der Waals surface area contributed by atoms with E-state index in [0.29, 0.717) is 4.88 Å². The van der Waals surface area contributed by atoms with E-state index < -0.39 is 11.7 Å². The van der Waals surface area contributed by atoms with Gasteiger partial charge in [-0.25, -0.2) is 0 Å². The Morgan fingerprint density at radius 2 is 2.05 bits per heavy atom. The lowest BCUT2D eigenvalue weighted by Gasteiger charge is -2.08. The van der Waals surface area contributed by atoms with Crippen molar-refractivity contribution in [3.05, 3.63) is 57.3 Å². The van der Waals surface area contributed by atoms with Gasteiger partial charge in [-0.2, -0.15) is 13.2 Å². The first-order valence-corrected chi connectivity index (χ1v) is 7.24. The fourth-order valence-corrected chi connectivity index (χ4v) is 2.55. The Bertz CT molecular complexity index is 738. The quantitative estimate of drug-likeness (QED) is 0.836. The van der Waals surface area contributed by atoms with Gasteiger partial charge in [0.1, 0.15) is 0 Å². The molecular weight excluding hydrogens is 311 g/mol. The van der Waals surface area contributed by atoms with Gasteiger partial charge in [0, 0.05) is 5.56 Å². The van der Waals surface area contributed by atoms with E-state index in [0.717, 1.165) is 11.6 Å². The number of thiophene rings is 1. The third kappa shape index (κ3) is 4.12. The number of amides is 1. The maximum absolute atomic E-state index is 12.8. The fraction of sp³-hybridized carbons (Fsp3) is 0.188. The average Bonchev–Trinajstić information content (AvgIpc) is 2.89. The normalized spacial score (nSPS) is 10.7. The lowest BCUT2D eigenvalue weighted by atomic mass is 10.1. The summed E-state index contributed by atoms with van der Waals surface area (Å²) in [4.78, 5) is 12.3. The van der Waals surface area contributed by atoms with E-state index >= 15 is 0 Å². The van der Waals surface area contributed by atoms with Gasteiger partial charge in [0.25, 0.3) is 5.91 Å². The van der Waals surface area contributed by atoms with Crippen LogP contribution in [-0.4, -0.2) is 12.5 Å². The molecule has 1 aromatic carbocycles. The Labute approximate surface area is 130 Å². The molecule has 2 aromatic rings. The van der Waals surface area contributed by atoms with Gasteiger partial charge in [0.15, 0.2) is 0 Å². The maximum atomic E-state index is 12.8. The molecule has 0 aliphatic rings. The van der Waals surface area contributed by atoms with Crippen LogP contribution in [0.4, 0.5) is 13.2 Å². The standard InChI is InChI=1S/C16H12F3NOS/c1-11-9-14(22-10-11)15(21)20-8-4-6-12-5-2-3-7-13(12)16(17,18)19/h2-3,5,7,9-10H,8H2,1H3,(H,20,21). The summed E-state index contributed by atoms with van der Waals surface area (Å²) in [5.41, 5.74) is 0.110. The topological polar surface area (TPSA) is 29.1 Å². The largest absolute Gasteiger partial charge is 0.417 e. The van der Waals surface area contributed by atoms with E-state index in [1.54, 1.807) is 6.07 Å². The molecule has 0 atom stereocenters. The van der Waals surface area contributed by atoms with Crippen LogP contribution in [0.3, 0.4) is 0 Å². The summed E-state index contributed by atoms with van der Waals surface area (Å²) in [5, 5.41) is 4.40. The molecule has 0 saturated carbocycles. The van der Waals surface area contributed by atoms with Crippen molar-refractivity contribution in [1.82, 2.24) is 5.32 Å². The molecule has 0 bridgehead atoms. The van der Waals surface area contributed by atoms with Crippen molar-refractivity contribution in [1.29, 1.82) is 0 Å². The first-order valence-electron chi connectivity index (χ1n) is 6.36. The molecule has 1 N–H and O–H groups in total. The smallest absolute Gasteiger partial charge is 0.340 e. The third-order valence-electron chi connectivity index (χ3n) is 2.75. The predicted octanol–water partition coefficient (Wildman–Crippen LogP) is 3.86. The van der Waals surface area contributed by atoms with Gasteiger partial charge in [0.05, 0.1) is 17.0 Å². The van der Waals surface area contributed by atoms with Crippen LogP contribution in [0.15, 0.2) is 35.7 Å². The molecule has 1 aromatic heterocycles. The Morgan fingerprint density at radius 3 is 2.68 bits per heavy atom. The van der Waals surface area contributed by atoms with Crippen LogP contribution in [0.1, 0.15) is 26.4 Å². The van der Waals surface area contributed by atoms with E-state index in [1.807, 2.05) is 12.3 Å². The highest BCUT2D eigenvalue weighted by Gasteiger charge is 2.32. The Kier molecular flexibility index (Phi) is 4.88. The molecule has 0 aliphatic carbocycles. The van der Waals surface area contributed by atoms with E-state index in [-0.39, 0.29) is 18.0 Å². The zero-order chi connectivity index (χ0) is 16.2. The Morgan fingerprint density at radius 1 is 1.32 bits per heavy atom. The second-order valence-electron chi connectivity index (χ2n) is 4.52. The first-order chi connectivity index (χ1) is 10.4.